The van der Waals surface area contributed by atoms with Gasteiger partial charge in [0.15, 0.2) is 0 Å². The Labute approximate surface area is 135 Å². The van der Waals surface area contributed by atoms with Crippen molar-refractivity contribution < 1.29 is 28.7 Å². The van der Waals surface area contributed by atoms with Crippen LogP contribution in [0.4, 0.5) is 0 Å². The fraction of sp³-hybridized carbons (Fsp3) is 0.294. The minimum atomic E-state index is -0.916. The monoisotopic (exact) mass is 320 g/mol. The number of ether oxygens (including phenoxy) is 2. The van der Waals surface area contributed by atoms with Gasteiger partial charge in [-0.2, -0.15) is 0 Å². The van der Waals surface area contributed by atoms with E-state index in [1.165, 1.54) is 26.8 Å². The molecule has 0 bridgehead atoms. The first-order valence-corrected chi connectivity index (χ1v) is 6.68. The molecule has 0 amide bonds. The van der Waals surface area contributed by atoms with Crippen LogP contribution in [0, 0.1) is 5.92 Å². The van der Waals surface area contributed by atoms with Crippen LogP contribution < -0.4 is 0 Å². The first-order chi connectivity index (χ1) is 10.5. The second-order valence-corrected chi connectivity index (χ2v) is 5.08. The zero-order chi connectivity index (χ0) is 18.3. The molecule has 1 atom stereocenters. The number of carbonyl (C=O) groups is 4. The molecule has 0 aliphatic rings. The quantitative estimate of drug-likeness (QED) is 0.424. The second kappa shape index (κ2) is 8.63. The van der Waals surface area contributed by atoms with Crippen LogP contribution >= 0.6 is 0 Å². The Bertz CT molecular complexity index is 621. The fourth-order valence-corrected chi connectivity index (χ4v) is 1.22. The molecule has 0 aliphatic carbocycles. The summed E-state index contributed by atoms with van der Waals surface area (Å²) in [5.74, 6) is -4.06. The van der Waals surface area contributed by atoms with Gasteiger partial charge in [0.25, 0.3) is 0 Å². The van der Waals surface area contributed by atoms with Crippen molar-refractivity contribution in [2.24, 2.45) is 5.92 Å². The van der Waals surface area contributed by atoms with Gasteiger partial charge in [-0.1, -0.05) is 32.7 Å². The third-order valence-corrected chi connectivity index (χ3v) is 2.70. The van der Waals surface area contributed by atoms with Gasteiger partial charge in [0.2, 0.25) is 0 Å². The Morgan fingerprint density at radius 1 is 0.783 bits per heavy atom. The standard InChI is InChI=1S/C17H20O6/c1-9(2)14(18)22-16(20)12(6)8-11(5)13(7)17(21)23-15(19)10(3)4/h8,11H,1,3,7H2,2,4-6H3. The normalized spacial score (nSPS) is 11.9. The SMILES string of the molecule is C=C(C)C(=O)OC(=O)C(=C)C(C)C=C(C)C(=O)OC(=O)C(=C)C. The second-order valence-electron chi connectivity index (χ2n) is 5.08. The van der Waals surface area contributed by atoms with E-state index in [1.807, 2.05) is 0 Å². The highest BCUT2D eigenvalue weighted by Gasteiger charge is 2.20. The van der Waals surface area contributed by atoms with E-state index in [-0.39, 0.29) is 22.3 Å². The van der Waals surface area contributed by atoms with Crippen LogP contribution in [0.15, 0.2) is 48.1 Å². The molecule has 0 saturated carbocycles. The Morgan fingerprint density at radius 2 is 1.17 bits per heavy atom. The molecule has 1 unspecified atom stereocenters. The van der Waals surface area contributed by atoms with Gasteiger partial charge >= 0.3 is 23.9 Å². The lowest BCUT2D eigenvalue weighted by molar-refractivity contribution is -0.156. The molecule has 0 rings (SSSR count). The van der Waals surface area contributed by atoms with Gasteiger partial charge in [-0.05, 0) is 20.8 Å². The molecule has 0 fully saturated rings. The summed E-state index contributed by atoms with van der Waals surface area (Å²) in [6.45, 7) is 16.1. The Kier molecular flexibility index (Phi) is 7.59. The van der Waals surface area contributed by atoms with E-state index >= 15 is 0 Å². The van der Waals surface area contributed by atoms with Crippen LogP contribution in [-0.2, 0) is 28.7 Å². The average Bonchev–Trinajstić information content (AvgIpc) is 2.45. The summed E-state index contributed by atoms with van der Waals surface area (Å²) in [6.07, 6.45) is 1.38. The molecule has 0 aromatic heterocycles. The Balaban J connectivity index is 4.88. The smallest absolute Gasteiger partial charge is 0.341 e. The van der Waals surface area contributed by atoms with Crippen molar-refractivity contribution in [1.82, 2.24) is 0 Å². The largest absolute Gasteiger partial charge is 0.386 e. The third-order valence-electron chi connectivity index (χ3n) is 2.70. The maximum Gasteiger partial charge on any atom is 0.341 e. The maximum atomic E-state index is 11.7. The number of hydrogen-bond acceptors (Lipinski definition) is 6. The Morgan fingerprint density at radius 3 is 1.57 bits per heavy atom. The number of rotatable bonds is 6. The van der Waals surface area contributed by atoms with Gasteiger partial charge in [0.05, 0.1) is 0 Å². The molecule has 0 spiro atoms. The Hall–Kier alpha value is -2.76. The predicted octanol–water partition coefficient (Wildman–Crippen LogP) is 2.42. The molecule has 6 nitrogen and oxygen atoms in total. The van der Waals surface area contributed by atoms with Crippen molar-refractivity contribution >= 4 is 23.9 Å². The minimum Gasteiger partial charge on any atom is -0.386 e. The molecule has 124 valence electrons. The third kappa shape index (κ3) is 6.69. The van der Waals surface area contributed by atoms with Crippen LogP contribution in [0.2, 0.25) is 0 Å². The first-order valence-electron chi connectivity index (χ1n) is 6.68. The predicted molar refractivity (Wildman–Crippen MR) is 83.9 cm³/mol. The maximum absolute atomic E-state index is 11.7. The molecular formula is C17H20O6. The molecule has 0 saturated heterocycles. The van der Waals surface area contributed by atoms with E-state index in [2.05, 4.69) is 29.2 Å². The minimum absolute atomic E-state index is 0.0297. The molecule has 6 heteroatoms. The van der Waals surface area contributed by atoms with Crippen LogP contribution in [0.1, 0.15) is 27.7 Å². The molecule has 0 aromatic rings. The number of allylic oxidation sites excluding steroid dienone is 1. The van der Waals surface area contributed by atoms with E-state index in [9.17, 15) is 19.2 Å². The average molecular weight is 320 g/mol. The van der Waals surface area contributed by atoms with Crippen molar-refractivity contribution in [3.05, 3.63) is 48.1 Å². The van der Waals surface area contributed by atoms with Crippen molar-refractivity contribution in [3.8, 4) is 0 Å². The molecule has 23 heavy (non-hydrogen) atoms. The topological polar surface area (TPSA) is 86.7 Å². The molecule has 0 N–H and O–H groups in total. The fourth-order valence-electron chi connectivity index (χ4n) is 1.22. The van der Waals surface area contributed by atoms with E-state index in [0.29, 0.717) is 0 Å². The van der Waals surface area contributed by atoms with E-state index in [1.54, 1.807) is 6.92 Å². The highest BCUT2D eigenvalue weighted by atomic mass is 16.6. The van der Waals surface area contributed by atoms with Gasteiger partial charge < -0.3 is 9.47 Å². The van der Waals surface area contributed by atoms with E-state index in [0.717, 1.165) is 0 Å². The molecule has 0 aromatic carbocycles. The molecule has 0 heterocycles. The van der Waals surface area contributed by atoms with Crippen LogP contribution in [0.25, 0.3) is 0 Å². The highest BCUT2D eigenvalue weighted by molar-refractivity contribution is 6.02. The molecule has 0 radical (unpaired) electrons. The zero-order valence-corrected chi connectivity index (χ0v) is 13.7. The van der Waals surface area contributed by atoms with Crippen molar-refractivity contribution in [1.29, 1.82) is 0 Å². The summed E-state index contributed by atoms with van der Waals surface area (Å²) in [6, 6.07) is 0. The van der Waals surface area contributed by atoms with Gasteiger partial charge in [-0.15, -0.1) is 0 Å². The summed E-state index contributed by atoms with van der Waals surface area (Å²) >= 11 is 0. The number of esters is 4. The van der Waals surface area contributed by atoms with Gasteiger partial charge in [0.1, 0.15) is 0 Å². The first kappa shape index (κ1) is 20.2. The summed E-state index contributed by atoms with van der Waals surface area (Å²) in [5.41, 5.74) is 0.239. The lowest BCUT2D eigenvalue weighted by atomic mass is 10.00. The summed E-state index contributed by atoms with van der Waals surface area (Å²) < 4.78 is 9.10. The van der Waals surface area contributed by atoms with Gasteiger partial charge in [0, 0.05) is 28.2 Å². The van der Waals surface area contributed by atoms with Gasteiger partial charge in [-0.25, -0.2) is 19.2 Å². The van der Waals surface area contributed by atoms with Crippen LogP contribution in [0.3, 0.4) is 0 Å². The van der Waals surface area contributed by atoms with Crippen molar-refractivity contribution in [2.75, 3.05) is 0 Å². The lowest BCUT2D eigenvalue weighted by Gasteiger charge is -2.11. The van der Waals surface area contributed by atoms with Crippen LogP contribution in [-0.4, -0.2) is 23.9 Å². The van der Waals surface area contributed by atoms with Gasteiger partial charge in [-0.3, -0.25) is 0 Å². The number of carbonyl (C=O) groups excluding carboxylic acids is 4. The van der Waals surface area contributed by atoms with Crippen molar-refractivity contribution in [2.45, 2.75) is 27.7 Å². The molecule has 0 aliphatic heterocycles. The lowest BCUT2D eigenvalue weighted by Crippen LogP contribution is -2.18. The summed E-state index contributed by atoms with van der Waals surface area (Å²) in [7, 11) is 0. The van der Waals surface area contributed by atoms with Crippen LogP contribution in [0.5, 0.6) is 0 Å². The zero-order valence-electron chi connectivity index (χ0n) is 13.7. The summed E-state index contributed by atoms with van der Waals surface area (Å²) in [4.78, 5) is 46.0. The number of hydrogen-bond donors (Lipinski definition) is 0. The summed E-state index contributed by atoms with van der Waals surface area (Å²) in [5, 5.41) is 0. The van der Waals surface area contributed by atoms with E-state index < -0.39 is 29.8 Å². The van der Waals surface area contributed by atoms with Crippen molar-refractivity contribution in [3.63, 3.8) is 0 Å². The highest BCUT2D eigenvalue weighted by Crippen LogP contribution is 2.15. The molecular weight excluding hydrogens is 300 g/mol. The van der Waals surface area contributed by atoms with E-state index in [4.69, 9.17) is 0 Å².